The minimum atomic E-state index is 0.624. The van der Waals surface area contributed by atoms with Crippen molar-refractivity contribution in [3.05, 3.63) is 18.5 Å². The van der Waals surface area contributed by atoms with Gasteiger partial charge in [0.25, 0.3) is 0 Å². The number of hydrogen-bond donors (Lipinski definition) is 0. The maximum absolute atomic E-state index is 5.26. The molecule has 1 aromatic heterocycles. The van der Waals surface area contributed by atoms with E-state index in [2.05, 4.69) is 4.98 Å². The van der Waals surface area contributed by atoms with Crippen molar-refractivity contribution in [3.63, 3.8) is 0 Å². The zero-order valence-electron chi connectivity index (χ0n) is 7.41. The molecule has 1 aromatic rings. The van der Waals surface area contributed by atoms with Crippen molar-refractivity contribution in [1.82, 2.24) is 4.98 Å². The standard InChI is InChI=1S/C7H7NO2.C2H6/c1-2-8-5-7-6(1)9-3-4-10-7;1-2/h1-2,5H,3-4H2;1-2H3. The highest BCUT2D eigenvalue weighted by Crippen LogP contribution is 2.27. The third-order valence-corrected chi connectivity index (χ3v) is 1.35. The molecule has 0 aromatic carbocycles. The Labute approximate surface area is 72.3 Å². The predicted octanol–water partition coefficient (Wildman–Crippen LogP) is 1.88. The second-order valence-electron chi connectivity index (χ2n) is 2.02. The van der Waals surface area contributed by atoms with E-state index in [4.69, 9.17) is 9.47 Å². The van der Waals surface area contributed by atoms with Crippen molar-refractivity contribution in [2.75, 3.05) is 13.2 Å². The zero-order valence-corrected chi connectivity index (χ0v) is 7.41. The fraction of sp³-hybridized carbons (Fsp3) is 0.444. The number of rotatable bonds is 0. The summed E-state index contributed by atoms with van der Waals surface area (Å²) in [5.74, 6) is 1.54. The van der Waals surface area contributed by atoms with Crippen LogP contribution in [0.1, 0.15) is 13.8 Å². The lowest BCUT2D eigenvalue weighted by atomic mass is 10.4. The van der Waals surface area contributed by atoms with Crippen molar-refractivity contribution in [3.8, 4) is 11.5 Å². The van der Waals surface area contributed by atoms with Crippen LogP contribution in [0.4, 0.5) is 0 Å². The quantitative estimate of drug-likeness (QED) is 0.591. The molecule has 0 N–H and O–H groups in total. The average Bonchev–Trinajstić information content (AvgIpc) is 2.21. The summed E-state index contributed by atoms with van der Waals surface area (Å²) in [5.41, 5.74) is 0. The fourth-order valence-corrected chi connectivity index (χ4v) is 0.898. The highest BCUT2D eigenvalue weighted by Gasteiger charge is 2.08. The Morgan fingerprint density at radius 2 is 1.83 bits per heavy atom. The van der Waals surface area contributed by atoms with Gasteiger partial charge in [0.1, 0.15) is 13.2 Å². The van der Waals surface area contributed by atoms with E-state index < -0.39 is 0 Å². The molecule has 1 aliphatic rings. The van der Waals surface area contributed by atoms with Gasteiger partial charge in [-0.15, -0.1) is 0 Å². The molecule has 0 radical (unpaired) electrons. The Hall–Kier alpha value is -1.25. The average molecular weight is 167 g/mol. The lowest BCUT2D eigenvalue weighted by Gasteiger charge is -2.16. The summed E-state index contributed by atoms with van der Waals surface area (Å²) >= 11 is 0. The van der Waals surface area contributed by atoms with E-state index in [-0.39, 0.29) is 0 Å². The maximum Gasteiger partial charge on any atom is 0.179 e. The molecule has 0 amide bonds. The lowest BCUT2D eigenvalue weighted by Crippen LogP contribution is -2.15. The topological polar surface area (TPSA) is 31.4 Å². The Morgan fingerprint density at radius 3 is 2.50 bits per heavy atom. The summed E-state index contributed by atoms with van der Waals surface area (Å²) < 4.78 is 10.5. The van der Waals surface area contributed by atoms with Crippen LogP contribution in [0.5, 0.6) is 11.5 Å². The maximum atomic E-state index is 5.26. The SMILES string of the molecule is CC.c1cc2c(cn1)OCCO2. The third kappa shape index (κ3) is 1.87. The van der Waals surface area contributed by atoms with Crippen molar-refractivity contribution in [2.45, 2.75) is 13.8 Å². The van der Waals surface area contributed by atoms with Crippen LogP contribution < -0.4 is 9.47 Å². The number of nitrogens with zero attached hydrogens (tertiary/aromatic N) is 1. The fourth-order valence-electron chi connectivity index (χ4n) is 0.898. The van der Waals surface area contributed by atoms with Gasteiger partial charge in [-0.2, -0.15) is 0 Å². The molecule has 12 heavy (non-hydrogen) atoms. The lowest BCUT2D eigenvalue weighted by molar-refractivity contribution is 0.170. The van der Waals surface area contributed by atoms with Crippen LogP contribution in [0, 0.1) is 0 Å². The van der Waals surface area contributed by atoms with Crippen LogP contribution in [-0.4, -0.2) is 18.2 Å². The van der Waals surface area contributed by atoms with Gasteiger partial charge in [-0.25, -0.2) is 0 Å². The third-order valence-electron chi connectivity index (χ3n) is 1.35. The summed E-state index contributed by atoms with van der Waals surface area (Å²) in [6.07, 6.45) is 3.35. The number of aromatic nitrogens is 1. The van der Waals surface area contributed by atoms with E-state index in [1.807, 2.05) is 13.8 Å². The normalized spacial score (nSPS) is 12.8. The first kappa shape index (κ1) is 8.84. The van der Waals surface area contributed by atoms with E-state index in [1.54, 1.807) is 18.5 Å². The summed E-state index contributed by atoms with van der Waals surface area (Å²) in [6, 6.07) is 1.80. The van der Waals surface area contributed by atoms with Gasteiger partial charge in [-0.3, -0.25) is 4.98 Å². The van der Waals surface area contributed by atoms with Gasteiger partial charge < -0.3 is 9.47 Å². The second-order valence-corrected chi connectivity index (χ2v) is 2.02. The van der Waals surface area contributed by atoms with Crippen molar-refractivity contribution >= 4 is 0 Å². The van der Waals surface area contributed by atoms with E-state index >= 15 is 0 Å². The molecule has 66 valence electrons. The van der Waals surface area contributed by atoms with Gasteiger partial charge in [0.05, 0.1) is 6.20 Å². The molecule has 0 fully saturated rings. The second kappa shape index (κ2) is 4.59. The van der Waals surface area contributed by atoms with Crippen molar-refractivity contribution < 1.29 is 9.47 Å². The largest absolute Gasteiger partial charge is 0.486 e. The molecule has 0 atom stereocenters. The summed E-state index contributed by atoms with van der Waals surface area (Å²) in [4.78, 5) is 3.89. The minimum absolute atomic E-state index is 0.624. The molecule has 2 rings (SSSR count). The smallest absolute Gasteiger partial charge is 0.179 e. The van der Waals surface area contributed by atoms with E-state index in [9.17, 15) is 0 Å². The molecule has 1 aliphatic heterocycles. The van der Waals surface area contributed by atoms with Gasteiger partial charge in [-0.1, -0.05) is 13.8 Å². The number of ether oxygens (including phenoxy) is 2. The van der Waals surface area contributed by atoms with Gasteiger partial charge in [0.15, 0.2) is 11.5 Å². The Kier molecular flexibility index (Phi) is 3.38. The van der Waals surface area contributed by atoms with Gasteiger partial charge in [-0.05, 0) is 0 Å². The van der Waals surface area contributed by atoms with Crippen LogP contribution in [0.15, 0.2) is 18.5 Å². The Morgan fingerprint density at radius 1 is 1.17 bits per heavy atom. The molecule has 0 saturated carbocycles. The molecule has 2 heterocycles. The molecule has 3 nitrogen and oxygen atoms in total. The van der Waals surface area contributed by atoms with E-state index in [1.165, 1.54) is 0 Å². The van der Waals surface area contributed by atoms with Crippen LogP contribution in [0.25, 0.3) is 0 Å². The van der Waals surface area contributed by atoms with Crippen LogP contribution in [0.2, 0.25) is 0 Å². The number of pyridine rings is 1. The summed E-state index contributed by atoms with van der Waals surface area (Å²) in [7, 11) is 0. The molecule has 3 heteroatoms. The summed E-state index contributed by atoms with van der Waals surface area (Å²) in [6.45, 7) is 5.26. The number of hydrogen-bond acceptors (Lipinski definition) is 3. The van der Waals surface area contributed by atoms with E-state index in [0.717, 1.165) is 11.5 Å². The molecular formula is C9H13NO2. The first-order valence-electron chi connectivity index (χ1n) is 4.16. The summed E-state index contributed by atoms with van der Waals surface area (Å²) in [5, 5.41) is 0. The first-order chi connectivity index (χ1) is 5.97. The highest BCUT2D eigenvalue weighted by molar-refractivity contribution is 5.37. The number of fused-ring (bicyclic) bond motifs is 1. The van der Waals surface area contributed by atoms with Gasteiger partial charge >= 0.3 is 0 Å². The van der Waals surface area contributed by atoms with Crippen molar-refractivity contribution in [2.24, 2.45) is 0 Å². The zero-order chi connectivity index (χ0) is 8.81. The van der Waals surface area contributed by atoms with E-state index in [0.29, 0.717) is 13.2 Å². The van der Waals surface area contributed by atoms with Crippen molar-refractivity contribution in [1.29, 1.82) is 0 Å². The Balaban J connectivity index is 0.000000336. The molecule has 0 bridgehead atoms. The molecule has 0 saturated heterocycles. The minimum Gasteiger partial charge on any atom is -0.486 e. The van der Waals surface area contributed by atoms with Crippen LogP contribution in [0.3, 0.4) is 0 Å². The monoisotopic (exact) mass is 167 g/mol. The Bertz CT molecular complexity index is 213. The molecule has 0 unspecified atom stereocenters. The molecular weight excluding hydrogens is 154 g/mol. The highest BCUT2D eigenvalue weighted by atomic mass is 16.6. The molecule has 0 aliphatic carbocycles. The van der Waals surface area contributed by atoms with Crippen LogP contribution >= 0.6 is 0 Å². The van der Waals surface area contributed by atoms with Gasteiger partial charge in [0, 0.05) is 12.3 Å². The van der Waals surface area contributed by atoms with Gasteiger partial charge in [0.2, 0.25) is 0 Å². The predicted molar refractivity (Wildman–Crippen MR) is 46.6 cm³/mol. The molecule has 0 spiro atoms. The first-order valence-corrected chi connectivity index (χ1v) is 4.16. The van der Waals surface area contributed by atoms with Crippen LogP contribution in [-0.2, 0) is 0 Å².